The van der Waals surface area contributed by atoms with Crippen molar-refractivity contribution in [3.05, 3.63) is 35.7 Å². The summed E-state index contributed by atoms with van der Waals surface area (Å²) >= 11 is 0. The number of quaternary nitrogens is 2. The third-order valence-electron chi connectivity index (χ3n) is 5.28. The number of methoxy groups -OCH3 is 2. The summed E-state index contributed by atoms with van der Waals surface area (Å²) in [6.07, 6.45) is 0. The standard InChI is InChI=1S/C18H28N6O2/c1-4-22-9-11-23(12-10-22)17(15-7-5-6-8-16(15)26-3)18-19-20-21-24(18)13-14-25-2/h5-8,17H,4,9-14H2,1-3H3/p+2/t17-/m0/s1. The fraction of sp³-hybridized carbons (Fsp3) is 0.611. The number of hydrogen-bond donors (Lipinski definition) is 2. The maximum absolute atomic E-state index is 5.66. The van der Waals surface area contributed by atoms with Crippen LogP contribution in [0.3, 0.4) is 0 Å². The lowest BCUT2D eigenvalue weighted by molar-refractivity contribution is -1.02. The third kappa shape index (κ3) is 4.03. The zero-order valence-electron chi connectivity index (χ0n) is 15.9. The lowest BCUT2D eigenvalue weighted by Gasteiger charge is -2.34. The third-order valence-corrected chi connectivity index (χ3v) is 5.28. The van der Waals surface area contributed by atoms with E-state index in [2.05, 4.69) is 34.6 Å². The molecule has 3 rings (SSSR count). The summed E-state index contributed by atoms with van der Waals surface area (Å²) in [4.78, 5) is 3.15. The van der Waals surface area contributed by atoms with Gasteiger partial charge in [-0.1, -0.05) is 12.1 Å². The van der Waals surface area contributed by atoms with E-state index in [0.29, 0.717) is 13.2 Å². The number of benzene rings is 1. The van der Waals surface area contributed by atoms with Gasteiger partial charge in [-0.15, -0.1) is 5.10 Å². The fourth-order valence-corrected chi connectivity index (χ4v) is 3.77. The number of para-hydroxylation sites is 1. The van der Waals surface area contributed by atoms with Crippen molar-refractivity contribution < 1.29 is 19.3 Å². The molecule has 1 aliphatic rings. The number of likely N-dealkylation sites (N-methyl/N-ethyl adjacent to an activating group) is 1. The van der Waals surface area contributed by atoms with Crippen molar-refractivity contribution in [2.45, 2.75) is 19.5 Å². The molecule has 1 aromatic heterocycles. The number of tetrazole rings is 1. The largest absolute Gasteiger partial charge is 0.496 e. The van der Waals surface area contributed by atoms with Crippen molar-refractivity contribution in [2.24, 2.45) is 0 Å². The Morgan fingerprint density at radius 3 is 2.62 bits per heavy atom. The van der Waals surface area contributed by atoms with Crippen LogP contribution in [0.1, 0.15) is 24.4 Å². The van der Waals surface area contributed by atoms with Gasteiger partial charge in [-0.3, -0.25) is 0 Å². The minimum absolute atomic E-state index is 0.0522. The number of hydrogen-bond acceptors (Lipinski definition) is 5. The molecule has 8 heteroatoms. The Balaban J connectivity index is 1.96. The molecule has 2 heterocycles. The molecule has 0 radical (unpaired) electrons. The molecule has 142 valence electrons. The van der Waals surface area contributed by atoms with E-state index in [-0.39, 0.29) is 6.04 Å². The zero-order valence-corrected chi connectivity index (χ0v) is 15.9. The van der Waals surface area contributed by atoms with Gasteiger partial charge in [0, 0.05) is 7.11 Å². The predicted molar refractivity (Wildman–Crippen MR) is 96.5 cm³/mol. The van der Waals surface area contributed by atoms with Gasteiger partial charge >= 0.3 is 0 Å². The Hall–Kier alpha value is -2.03. The molecule has 0 spiro atoms. The van der Waals surface area contributed by atoms with E-state index in [4.69, 9.17) is 9.47 Å². The van der Waals surface area contributed by atoms with Gasteiger partial charge in [-0.25, -0.2) is 4.68 Å². The van der Waals surface area contributed by atoms with Crippen molar-refractivity contribution in [3.8, 4) is 5.75 Å². The summed E-state index contributed by atoms with van der Waals surface area (Å²) in [6, 6.07) is 8.25. The summed E-state index contributed by atoms with van der Waals surface area (Å²) in [5.74, 6) is 1.76. The van der Waals surface area contributed by atoms with E-state index in [9.17, 15) is 0 Å². The van der Waals surface area contributed by atoms with Gasteiger partial charge in [0.25, 0.3) is 0 Å². The van der Waals surface area contributed by atoms with Crippen molar-refractivity contribution in [3.63, 3.8) is 0 Å². The first-order chi connectivity index (χ1) is 12.8. The smallest absolute Gasteiger partial charge is 0.214 e. The van der Waals surface area contributed by atoms with E-state index < -0.39 is 0 Å². The molecule has 2 aromatic rings. The first-order valence-corrected chi connectivity index (χ1v) is 9.34. The van der Waals surface area contributed by atoms with Gasteiger partial charge in [-0.2, -0.15) is 0 Å². The number of aromatic nitrogens is 4. The zero-order chi connectivity index (χ0) is 18.4. The Morgan fingerprint density at radius 1 is 1.15 bits per heavy atom. The Labute approximate surface area is 154 Å². The number of nitrogens with one attached hydrogen (secondary N) is 2. The molecule has 0 amide bonds. The summed E-state index contributed by atoms with van der Waals surface area (Å²) in [5, 5.41) is 12.5. The number of ether oxygens (including phenoxy) is 2. The van der Waals surface area contributed by atoms with Crippen molar-refractivity contribution >= 4 is 0 Å². The molecular formula is C18H30N6O2+2. The molecule has 0 unspecified atom stereocenters. The number of nitrogens with zero attached hydrogens (tertiary/aromatic N) is 4. The normalized spacial score (nSPS) is 21.5. The van der Waals surface area contributed by atoms with Crippen LogP contribution in [0, 0.1) is 0 Å². The monoisotopic (exact) mass is 362 g/mol. The van der Waals surface area contributed by atoms with Gasteiger partial charge in [-0.05, 0) is 29.5 Å². The van der Waals surface area contributed by atoms with Gasteiger partial charge in [0.2, 0.25) is 5.82 Å². The van der Waals surface area contributed by atoms with Crippen LogP contribution in [-0.4, -0.2) is 73.8 Å². The lowest BCUT2D eigenvalue weighted by atomic mass is 10.0. The van der Waals surface area contributed by atoms with Crippen LogP contribution in [0.25, 0.3) is 0 Å². The molecule has 26 heavy (non-hydrogen) atoms. The van der Waals surface area contributed by atoms with Crippen LogP contribution in [0.4, 0.5) is 0 Å². The summed E-state index contributed by atoms with van der Waals surface area (Å²) in [7, 11) is 3.41. The Morgan fingerprint density at radius 2 is 1.92 bits per heavy atom. The fourth-order valence-electron chi connectivity index (χ4n) is 3.77. The predicted octanol–water partition coefficient (Wildman–Crippen LogP) is -1.78. The van der Waals surface area contributed by atoms with Gasteiger partial charge in [0.05, 0.1) is 32.4 Å². The summed E-state index contributed by atoms with van der Waals surface area (Å²) in [5.41, 5.74) is 1.14. The highest BCUT2D eigenvalue weighted by Crippen LogP contribution is 2.26. The first-order valence-electron chi connectivity index (χ1n) is 9.34. The molecule has 2 N–H and O–H groups in total. The molecule has 0 saturated carbocycles. The molecule has 1 aliphatic heterocycles. The minimum Gasteiger partial charge on any atom is -0.496 e. The minimum atomic E-state index is 0.0522. The average molecular weight is 362 g/mol. The van der Waals surface area contributed by atoms with Crippen LogP contribution in [0.5, 0.6) is 5.75 Å². The Kier molecular flexibility index (Phi) is 6.54. The first kappa shape index (κ1) is 18.8. The highest BCUT2D eigenvalue weighted by molar-refractivity contribution is 5.37. The van der Waals surface area contributed by atoms with E-state index >= 15 is 0 Å². The maximum atomic E-state index is 5.66. The molecule has 1 aromatic carbocycles. The van der Waals surface area contributed by atoms with E-state index in [0.717, 1.165) is 43.3 Å². The second-order valence-corrected chi connectivity index (χ2v) is 6.69. The van der Waals surface area contributed by atoms with Crippen LogP contribution >= 0.6 is 0 Å². The van der Waals surface area contributed by atoms with Crippen LogP contribution in [0.2, 0.25) is 0 Å². The van der Waals surface area contributed by atoms with Gasteiger partial charge in [0.15, 0.2) is 6.04 Å². The average Bonchev–Trinajstić information content (AvgIpc) is 3.15. The Bertz CT molecular complexity index is 684. The van der Waals surface area contributed by atoms with E-state index in [1.807, 2.05) is 16.8 Å². The molecule has 1 fully saturated rings. The SMILES string of the molecule is CC[NH+]1CC[NH+]([C@@H](c2ccccc2OC)c2nnnn2CCOC)CC1. The van der Waals surface area contributed by atoms with Gasteiger partial charge < -0.3 is 19.3 Å². The second-order valence-electron chi connectivity index (χ2n) is 6.69. The molecule has 0 bridgehead atoms. The van der Waals surface area contributed by atoms with E-state index in [1.165, 1.54) is 11.4 Å². The van der Waals surface area contributed by atoms with Crippen LogP contribution < -0.4 is 14.5 Å². The highest BCUT2D eigenvalue weighted by atomic mass is 16.5. The van der Waals surface area contributed by atoms with Crippen molar-refractivity contribution in [2.75, 3.05) is 53.6 Å². The molecule has 1 atom stereocenters. The molecule has 1 saturated heterocycles. The van der Waals surface area contributed by atoms with Crippen LogP contribution in [-0.2, 0) is 11.3 Å². The van der Waals surface area contributed by atoms with Crippen molar-refractivity contribution in [1.29, 1.82) is 0 Å². The molecular weight excluding hydrogens is 332 g/mol. The van der Waals surface area contributed by atoms with Gasteiger partial charge in [0.1, 0.15) is 31.9 Å². The molecule has 8 nitrogen and oxygen atoms in total. The second kappa shape index (κ2) is 9.07. The van der Waals surface area contributed by atoms with Crippen LogP contribution in [0.15, 0.2) is 24.3 Å². The van der Waals surface area contributed by atoms with E-state index in [1.54, 1.807) is 19.1 Å². The highest BCUT2D eigenvalue weighted by Gasteiger charge is 2.36. The lowest BCUT2D eigenvalue weighted by Crippen LogP contribution is -3.28. The number of piperazine rings is 1. The maximum Gasteiger partial charge on any atom is 0.214 e. The quantitative estimate of drug-likeness (QED) is 0.581. The summed E-state index contributed by atoms with van der Waals surface area (Å²) < 4.78 is 12.7. The topological polar surface area (TPSA) is 70.9 Å². The number of rotatable bonds is 8. The molecule has 0 aliphatic carbocycles. The summed E-state index contributed by atoms with van der Waals surface area (Å²) in [6.45, 7) is 9.16. The van der Waals surface area contributed by atoms with Crippen molar-refractivity contribution in [1.82, 2.24) is 20.2 Å².